The molecule has 0 aliphatic rings. The Morgan fingerprint density at radius 3 is 2.31 bits per heavy atom. The number of halogens is 4. The van der Waals surface area contributed by atoms with E-state index in [-0.39, 0.29) is 12.4 Å². The molecule has 0 spiro atoms. The first kappa shape index (κ1) is 11.8. The van der Waals surface area contributed by atoms with Crippen LogP contribution in [0.25, 0.3) is 0 Å². The van der Waals surface area contributed by atoms with Gasteiger partial charge in [0.15, 0.2) is 0 Å². The Morgan fingerprint density at radius 1 is 1.54 bits per heavy atom. The highest BCUT2D eigenvalue weighted by Gasteiger charge is 2.33. The molecule has 0 bridgehead atoms. The van der Waals surface area contributed by atoms with Crippen molar-refractivity contribution in [2.75, 3.05) is 0 Å². The van der Waals surface area contributed by atoms with Gasteiger partial charge in [-0.05, 0) is 0 Å². The maximum atomic E-state index is 11.8. The molecule has 13 heavy (non-hydrogen) atoms. The van der Waals surface area contributed by atoms with E-state index in [0.29, 0.717) is 6.07 Å². The molecule has 0 atom stereocenters. The molecule has 0 radical (unpaired) electrons. The van der Waals surface area contributed by atoms with Crippen LogP contribution in [0.4, 0.5) is 13.2 Å². The Bertz CT molecular complexity index is 308. The first-order chi connectivity index (χ1) is 5.41. The lowest BCUT2D eigenvalue weighted by Gasteiger charge is -1.99. The second kappa shape index (κ2) is 3.65. The maximum Gasteiger partial charge on any atom is 0.432 e. The van der Waals surface area contributed by atoms with E-state index in [9.17, 15) is 18.0 Å². The van der Waals surface area contributed by atoms with Crippen LogP contribution in [-0.2, 0) is 6.18 Å². The Balaban J connectivity index is 0.00000144. The van der Waals surface area contributed by atoms with Crippen LogP contribution in [0.1, 0.15) is 16.2 Å². The number of amides is 1. The minimum Gasteiger partial charge on any atom is -0.364 e. The number of H-pyrrole nitrogens is 1. The largest absolute Gasteiger partial charge is 0.432 e. The van der Waals surface area contributed by atoms with Crippen molar-refractivity contribution >= 4 is 18.3 Å². The van der Waals surface area contributed by atoms with Crippen molar-refractivity contribution < 1.29 is 18.0 Å². The number of hydrogen-bond acceptors (Lipinski definition) is 2. The van der Waals surface area contributed by atoms with Gasteiger partial charge in [0.1, 0.15) is 11.4 Å². The number of aromatic nitrogens is 2. The Kier molecular flexibility index (Phi) is 3.30. The number of nitrogens with zero attached hydrogens (tertiary/aromatic N) is 1. The van der Waals surface area contributed by atoms with Gasteiger partial charge in [-0.1, -0.05) is 0 Å². The quantitative estimate of drug-likeness (QED) is 0.732. The molecule has 0 aliphatic heterocycles. The number of carbonyl (C=O) groups excluding carboxylic acids is 1. The van der Waals surface area contributed by atoms with E-state index < -0.39 is 23.5 Å². The fourth-order valence-electron chi connectivity index (χ4n) is 0.593. The van der Waals surface area contributed by atoms with Gasteiger partial charge in [0, 0.05) is 6.07 Å². The molecule has 3 N–H and O–H groups in total. The van der Waals surface area contributed by atoms with Gasteiger partial charge in [0.25, 0.3) is 5.91 Å². The van der Waals surface area contributed by atoms with Crippen LogP contribution in [0, 0.1) is 0 Å². The van der Waals surface area contributed by atoms with Gasteiger partial charge in [0.2, 0.25) is 0 Å². The lowest BCUT2D eigenvalue weighted by molar-refractivity contribution is -0.141. The first-order valence-electron chi connectivity index (χ1n) is 2.83. The molecule has 1 rings (SSSR count). The molecule has 0 fully saturated rings. The predicted octanol–water partition coefficient (Wildman–Crippen LogP) is 0.949. The Labute approximate surface area is 76.7 Å². The number of rotatable bonds is 1. The van der Waals surface area contributed by atoms with Crippen molar-refractivity contribution in [3.05, 3.63) is 17.5 Å². The lowest BCUT2D eigenvalue weighted by atomic mass is 10.3. The zero-order valence-corrected chi connectivity index (χ0v) is 6.87. The standard InChI is InChI=1S/C5H4F3N3O.ClH/c6-5(7,8)3-1-2(4(9)12)10-11-3;/h1H,(H2,9,12)(H,10,11);1H. The third-order valence-electron chi connectivity index (χ3n) is 1.14. The summed E-state index contributed by atoms with van der Waals surface area (Å²) in [6.45, 7) is 0. The highest BCUT2D eigenvalue weighted by atomic mass is 35.5. The van der Waals surface area contributed by atoms with E-state index in [2.05, 4.69) is 10.8 Å². The Morgan fingerprint density at radius 2 is 2.08 bits per heavy atom. The smallest absolute Gasteiger partial charge is 0.364 e. The van der Waals surface area contributed by atoms with Crippen LogP contribution in [-0.4, -0.2) is 16.1 Å². The zero-order chi connectivity index (χ0) is 9.35. The van der Waals surface area contributed by atoms with Crippen molar-refractivity contribution in [2.24, 2.45) is 5.73 Å². The molecule has 1 heterocycles. The van der Waals surface area contributed by atoms with E-state index in [1.165, 1.54) is 0 Å². The van der Waals surface area contributed by atoms with Crippen LogP contribution in [0.3, 0.4) is 0 Å². The van der Waals surface area contributed by atoms with E-state index >= 15 is 0 Å². The number of nitrogens with two attached hydrogens (primary N) is 1. The molecule has 0 aliphatic carbocycles. The molecule has 1 amide bonds. The normalized spacial score (nSPS) is 10.7. The molecule has 74 valence electrons. The van der Waals surface area contributed by atoms with Crippen molar-refractivity contribution in [1.29, 1.82) is 0 Å². The number of primary amides is 1. The highest BCUT2D eigenvalue weighted by molar-refractivity contribution is 5.90. The van der Waals surface area contributed by atoms with E-state index in [1.54, 1.807) is 5.10 Å². The summed E-state index contributed by atoms with van der Waals surface area (Å²) < 4.78 is 35.5. The summed E-state index contributed by atoms with van der Waals surface area (Å²) in [4.78, 5) is 10.3. The molecular formula is C5H5ClF3N3O. The van der Waals surface area contributed by atoms with Gasteiger partial charge >= 0.3 is 6.18 Å². The third kappa shape index (κ3) is 2.62. The van der Waals surface area contributed by atoms with Gasteiger partial charge in [-0.3, -0.25) is 9.89 Å². The first-order valence-corrected chi connectivity index (χ1v) is 2.83. The van der Waals surface area contributed by atoms with Crippen LogP contribution in [0.2, 0.25) is 0 Å². The molecule has 4 nitrogen and oxygen atoms in total. The molecule has 0 aromatic carbocycles. The lowest BCUT2D eigenvalue weighted by Crippen LogP contribution is -2.11. The molecule has 0 saturated carbocycles. The number of hydrogen-bond donors (Lipinski definition) is 2. The summed E-state index contributed by atoms with van der Waals surface area (Å²) >= 11 is 0. The van der Waals surface area contributed by atoms with Gasteiger partial charge in [-0.25, -0.2) is 0 Å². The van der Waals surface area contributed by atoms with Crippen LogP contribution in [0.5, 0.6) is 0 Å². The van der Waals surface area contributed by atoms with E-state index in [0.717, 1.165) is 0 Å². The van der Waals surface area contributed by atoms with E-state index in [4.69, 9.17) is 0 Å². The SMILES string of the molecule is Cl.NC(=O)c1cc(C(F)(F)F)[nH]n1. The molecule has 0 unspecified atom stereocenters. The second-order valence-electron chi connectivity index (χ2n) is 2.03. The zero-order valence-electron chi connectivity index (χ0n) is 6.05. The van der Waals surface area contributed by atoms with Crippen molar-refractivity contribution in [3.8, 4) is 0 Å². The number of carbonyl (C=O) groups is 1. The summed E-state index contributed by atoms with van der Waals surface area (Å²) in [5, 5.41) is 4.71. The van der Waals surface area contributed by atoms with E-state index in [1.807, 2.05) is 0 Å². The fraction of sp³-hybridized carbons (Fsp3) is 0.200. The predicted molar refractivity (Wildman–Crippen MR) is 39.4 cm³/mol. The van der Waals surface area contributed by atoms with Crippen LogP contribution >= 0.6 is 12.4 Å². The van der Waals surface area contributed by atoms with Crippen molar-refractivity contribution in [1.82, 2.24) is 10.2 Å². The average molecular weight is 216 g/mol. The van der Waals surface area contributed by atoms with Gasteiger partial charge in [0.05, 0.1) is 0 Å². The average Bonchev–Trinajstić information content (AvgIpc) is 2.30. The van der Waals surface area contributed by atoms with Gasteiger partial charge < -0.3 is 5.73 Å². The fourth-order valence-corrected chi connectivity index (χ4v) is 0.593. The second-order valence-corrected chi connectivity index (χ2v) is 2.03. The molecule has 1 aromatic heterocycles. The molecule has 1 aromatic rings. The summed E-state index contributed by atoms with van der Waals surface area (Å²) in [6, 6.07) is 0.558. The Hall–Kier alpha value is -1.24. The third-order valence-corrected chi connectivity index (χ3v) is 1.14. The molecule has 0 saturated heterocycles. The summed E-state index contributed by atoms with van der Waals surface area (Å²) in [6.07, 6.45) is -4.53. The monoisotopic (exact) mass is 215 g/mol. The summed E-state index contributed by atoms with van der Waals surface area (Å²) in [7, 11) is 0. The summed E-state index contributed by atoms with van der Waals surface area (Å²) in [5.74, 6) is -0.998. The molecule has 8 heteroatoms. The number of alkyl halides is 3. The highest BCUT2D eigenvalue weighted by Crippen LogP contribution is 2.27. The van der Waals surface area contributed by atoms with Crippen molar-refractivity contribution in [3.63, 3.8) is 0 Å². The van der Waals surface area contributed by atoms with Gasteiger partial charge in [-0.2, -0.15) is 18.3 Å². The van der Waals surface area contributed by atoms with Crippen LogP contribution in [0.15, 0.2) is 6.07 Å². The summed E-state index contributed by atoms with van der Waals surface area (Å²) in [5.41, 5.74) is 3.17. The molecular weight excluding hydrogens is 211 g/mol. The van der Waals surface area contributed by atoms with Gasteiger partial charge in [-0.15, -0.1) is 12.4 Å². The topological polar surface area (TPSA) is 71.8 Å². The minimum absolute atomic E-state index is 0. The van der Waals surface area contributed by atoms with Crippen molar-refractivity contribution in [2.45, 2.75) is 6.18 Å². The maximum absolute atomic E-state index is 11.8. The number of nitrogens with one attached hydrogen (secondary N) is 1. The number of aromatic amines is 1. The minimum atomic E-state index is -4.53. The van der Waals surface area contributed by atoms with Crippen LogP contribution < -0.4 is 5.73 Å².